The minimum Gasteiger partial charge on any atom is -0.508 e. The highest BCUT2D eigenvalue weighted by molar-refractivity contribution is 6.00. The molecule has 1 atom stereocenters. The van der Waals surface area contributed by atoms with Crippen LogP contribution >= 0.6 is 0 Å². The zero-order valence-corrected chi connectivity index (χ0v) is 15.7. The first-order valence-corrected chi connectivity index (χ1v) is 9.35. The van der Waals surface area contributed by atoms with Crippen LogP contribution in [0.2, 0.25) is 0 Å². The molecule has 0 saturated heterocycles. The van der Waals surface area contributed by atoms with E-state index in [-0.39, 0.29) is 11.2 Å². The predicted molar refractivity (Wildman–Crippen MR) is 110 cm³/mol. The number of anilines is 1. The van der Waals surface area contributed by atoms with Gasteiger partial charge in [-0.15, -0.1) is 0 Å². The van der Waals surface area contributed by atoms with E-state index in [1.165, 1.54) is 11.3 Å². The van der Waals surface area contributed by atoms with Crippen LogP contribution in [0.5, 0.6) is 11.5 Å². The molecule has 3 aromatic rings. The monoisotopic (exact) mass is 358 g/mol. The summed E-state index contributed by atoms with van der Waals surface area (Å²) in [4.78, 5) is 7.16. The highest BCUT2D eigenvalue weighted by atomic mass is 16.5. The van der Waals surface area contributed by atoms with E-state index in [0.29, 0.717) is 0 Å². The van der Waals surface area contributed by atoms with Crippen molar-refractivity contribution in [2.24, 2.45) is 4.99 Å². The third-order valence-electron chi connectivity index (χ3n) is 6.05. The van der Waals surface area contributed by atoms with Gasteiger partial charge in [-0.1, -0.05) is 30.3 Å². The Morgan fingerprint density at radius 2 is 1.85 bits per heavy atom. The molecule has 5 rings (SSSR count). The lowest BCUT2D eigenvalue weighted by molar-refractivity contribution is 0.0788. The van der Waals surface area contributed by atoms with Crippen LogP contribution in [0.15, 0.2) is 59.6 Å². The van der Waals surface area contributed by atoms with E-state index in [9.17, 15) is 5.11 Å². The second-order valence-electron chi connectivity index (χ2n) is 7.76. The van der Waals surface area contributed by atoms with Crippen LogP contribution < -0.4 is 9.64 Å². The maximum Gasteiger partial charge on any atom is 0.228 e. The molecule has 1 spiro atoms. The number of aliphatic imine (C=N–C) groups is 1. The second kappa shape index (κ2) is 5.26. The van der Waals surface area contributed by atoms with Gasteiger partial charge in [0.1, 0.15) is 17.2 Å². The molecule has 0 aromatic heterocycles. The largest absolute Gasteiger partial charge is 0.508 e. The summed E-state index contributed by atoms with van der Waals surface area (Å²) in [6.45, 7) is 7.39. The number of likely N-dealkylation sites (N-methyl/N-ethyl adjacent to an activating group) is 1. The topological polar surface area (TPSA) is 45.1 Å². The SMILES string of the molecule is CCN1c2ccccc2C(C)(C)C12C=Nc1c(ccc3ccc(O)cc13)O2. The molecular weight excluding hydrogens is 336 g/mol. The van der Waals surface area contributed by atoms with Crippen molar-refractivity contribution in [1.29, 1.82) is 0 Å². The third kappa shape index (κ3) is 1.95. The summed E-state index contributed by atoms with van der Waals surface area (Å²) < 4.78 is 6.72. The van der Waals surface area contributed by atoms with Crippen LogP contribution in [0.3, 0.4) is 0 Å². The molecule has 2 aliphatic rings. The molecule has 2 aliphatic heterocycles. The Bertz CT molecular complexity index is 1100. The van der Waals surface area contributed by atoms with Crippen molar-refractivity contribution < 1.29 is 9.84 Å². The number of nitrogens with zero attached hydrogens (tertiary/aromatic N) is 2. The van der Waals surface area contributed by atoms with Crippen LogP contribution in [0.25, 0.3) is 10.8 Å². The Labute approximate surface area is 158 Å². The maximum absolute atomic E-state index is 9.92. The summed E-state index contributed by atoms with van der Waals surface area (Å²) in [5.41, 5.74) is 2.28. The lowest BCUT2D eigenvalue weighted by Crippen LogP contribution is -2.62. The zero-order chi connectivity index (χ0) is 18.8. The number of benzene rings is 3. The molecule has 4 nitrogen and oxygen atoms in total. The molecule has 0 radical (unpaired) electrons. The Balaban J connectivity index is 1.72. The van der Waals surface area contributed by atoms with Crippen molar-refractivity contribution >= 4 is 28.4 Å². The summed E-state index contributed by atoms with van der Waals surface area (Å²) in [5, 5.41) is 11.8. The quantitative estimate of drug-likeness (QED) is 0.654. The minimum absolute atomic E-state index is 0.232. The molecule has 0 bridgehead atoms. The average molecular weight is 358 g/mol. The Morgan fingerprint density at radius 1 is 1.07 bits per heavy atom. The van der Waals surface area contributed by atoms with Crippen molar-refractivity contribution in [2.45, 2.75) is 31.9 Å². The molecule has 0 aliphatic carbocycles. The maximum atomic E-state index is 9.92. The molecule has 1 N–H and O–H groups in total. The van der Waals surface area contributed by atoms with Gasteiger partial charge < -0.3 is 14.7 Å². The van der Waals surface area contributed by atoms with Gasteiger partial charge in [-0.05, 0) is 56.0 Å². The molecule has 0 amide bonds. The number of aromatic hydroxyl groups is 1. The number of phenolic OH excluding ortho intramolecular Hbond substituents is 1. The van der Waals surface area contributed by atoms with Gasteiger partial charge in [-0.25, -0.2) is 0 Å². The first kappa shape index (κ1) is 16.2. The smallest absolute Gasteiger partial charge is 0.228 e. The van der Waals surface area contributed by atoms with Crippen LogP contribution in [0, 0.1) is 0 Å². The second-order valence-corrected chi connectivity index (χ2v) is 7.76. The van der Waals surface area contributed by atoms with Gasteiger partial charge >= 0.3 is 0 Å². The molecule has 2 heterocycles. The van der Waals surface area contributed by atoms with Crippen molar-refractivity contribution in [3.05, 3.63) is 60.2 Å². The molecule has 0 saturated carbocycles. The van der Waals surface area contributed by atoms with E-state index in [0.717, 1.165) is 28.8 Å². The fourth-order valence-corrected chi connectivity index (χ4v) is 4.60. The number of ether oxygens (including phenoxy) is 1. The molecular formula is C23H22N2O2. The third-order valence-corrected chi connectivity index (χ3v) is 6.05. The van der Waals surface area contributed by atoms with E-state index < -0.39 is 5.72 Å². The van der Waals surface area contributed by atoms with E-state index in [1.54, 1.807) is 12.1 Å². The lowest BCUT2D eigenvalue weighted by Gasteiger charge is -2.46. The number of para-hydroxylation sites is 1. The Hall–Kier alpha value is -3.01. The first-order chi connectivity index (χ1) is 13.0. The highest BCUT2D eigenvalue weighted by Crippen LogP contribution is 2.54. The Morgan fingerprint density at radius 3 is 2.67 bits per heavy atom. The molecule has 3 aromatic carbocycles. The Kier molecular flexibility index (Phi) is 3.15. The van der Waals surface area contributed by atoms with Crippen molar-refractivity contribution in [2.75, 3.05) is 11.4 Å². The van der Waals surface area contributed by atoms with Crippen molar-refractivity contribution in [1.82, 2.24) is 0 Å². The van der Waals surface area contributed by atoms with E-state index in [4.69, 9.17) is 9.73 Å². The summed E-state index contributed by atoms with van der Waals surface area (Å²) in [7, 11) is 0. The molecule has 0 fully saturated rings. The summed E-state index contributed by atoms with van der Waals surface area (Å²) in [5.74, 6) is 0.977. The number of fused-ring (bicyclic) bond motifs is 4. The zero-order valence-electron chi connectivity index (χ0n) is 15.7. The standard InChI is InChI=1S/C23H22N2O2/c1-4-25-19-8-6-5-7-18(19)22(2,3)23(25)14-24-21-17-13-16(26)11-9-15(17)10-12-20(21)27-23/h5-14,26H,4H2,1-3H3. The van der Waals surface area contributed by atoms with E-state index in [2.05, 4.69) is 49.9 Å². The van der Waals surface area contributed by atoms with Crippen molar-refractivity contribution in [3.8, 4) is 11.5 Å². The highest BCUT2D eigenvalue weighted by Gasteiger charge is 2.59. The fraction of sp³-hybridized carbons (Fsp3) is 0.261. The van der Waals surface area contributed by atoms with Gasteiger partial charge in [0.2, 0.25) is 5.72 Å². The molecule has 1 unspecified atom stereocenters. The lowest BCUT2D eigenvalue weighted by atomic mass is 9.77. The van der Waals surface area contributed by atoms with Crippen LogP contribution in [-0.2, 0) is 5.41 Å². The normalized spacial score (nSPS) is 22.0. The van der Waals surface area contributed by atoms with Gasteiger partial charge in [0, 0.05) is 17.6 Å². The van der Waals surface area contributed by atoms with Gasteiger partial charge in [-0.3, -0.25) is 4.99 Å². The first-order valence-electron chi connectivity index (χ1n) is 9.35. The van der Waals surface area contributed by atoms with Gasteiger partial charge in [0.25, 0.3) is 0 Å². The van der Waals surface area contributed by atoms with Gasteiger partial charge in [-0.2, -0.15) is 0 Å². The number of rotatable bonds is 1. The fourth-order valence-electron chi connectivity index (χ4n) is 4.60. The molecule has 4 heteroatoms. The number of hydrogen-bond donors (Lipinski definition) is 1. The predicted octanol–water partition coefficient (Wildman–Crippen LogP) is 5.15. The number of hydrogen-bond acceptors (Lipinski definition) is 4. The molecule has 136 valence electrons. The summed E-state index contributed by atoms with van der Waals surface area (Å²) in [6, 6.07) is 17.8. The summed E-state index contributed by atoms with van der Waals surface area (Å²) in [6.07, 6.45) is 1.95. The van der Waals surface area contributed by atoms with Crippen LogP contribution in [0.1, 0.15) is 26.3 Å². The van der Waals surface area contributed by atoms with Crippen LogP contribution in [-0.4, -0.2) is 23.6 Å². The average Bonchev–Trinajstić information content (AvgIpc) is 2.85. The van der Waals surface area contributed by atoms with Crippen LogP contribution in [0.4, 0.5) is 11.4 Å². The van der Waals surface area contributed by atoms with Crippen molar-refractivity contribution in [3.63, 3.8) is 0 Å². The van der Waals surface area contributed by atoms with Gasteiger partial charge in [0.15, 0.2) is 0 Å². The van der Waals surface area contributed by atoms with E-state index >= 15 is 0 Å². The summed E-state index contributed by atoms with van der Waals surface area (Å²) >= 11 is 0. The van der Waals surface area contributed by atoms with Gasteiger partial charge in [0.05, 0.1) is 11.6 Å². The minimum atomic E-state index is -0.678. The molecule has 27 heavy (non-hydrogen) atoms. The number of phenols is 1. The van der Waals surface area contributed by atoms with E-state index in [1.807, 2.05) is 24.4 Å².